The lowest BCUT2D eigenvalue weighted by Crippen LogP contribution is -2.55. The van der Waals surface area contributed by atoms with Gasteiger partial charge in [-0.05, 0) is 18.6 Å². The number of carbonyl (C=O) groups excluding carboxylic acids is 1. The molecule has 2 aliphatic heterocycles. The monoisotopic (exact) mass is 218 g/mol. The first-order chi connectivity index (χ1) is 7.77. The van der Waals surface area contributed by atoms with Crippen LogP contribution in [0, 0.1) is 6.92 Å². The van der Waals surface area contributed by atoms with Gasteiger partial charge >= 0.3 is 0 Å². The molecule has 3 rings (SSSR count). The number of ether oxygens (including phenoxy) is 1. The van der Waals surface area contributed by atoms with Crippen LogP contribution in [0.3, 0.4) is 0 Å². The van der Waals surface area contributed by atoms with Crippen molar-refractivity contribution < 1.29 is 9.53 Å². The molecule has 0 saturated carbocycles. The van der Waals surface area contributed by atoms with E-state index >= 15 is 0 Å². The van der Waals surface area contributed by atoms with Crippen LogP contribution in [0.25, 0.3) is 0 Å². The van der Waals surface area contributed by atoms with Gasteiger partial charge in [-0.3, -0.25) is 4.79 Å². The van der Waals surface area contributed by atoms with E-state index in [-0.39, 0.29) is 12.1 Å². The van der Waals surface area contributed by atoms with E-state index < -0.39 is 0 Å². The van der Waals surface area contributed by atoms with Gasteiger partial charge in [0.05, 0.1) is 24.5 Å². The van der Waals surface area contributed by atoms with Crippen molar-refractivity contribution in [2.24, 2.45) is 0 Å². The predicted molar refractivity (Wildman–Crippen MR) is 60.4 cm³/mol. The Morgan fingerprint density at radius 2 is 2.38 bits per heavy atom. The third-order valence-corrected chi connectivity index (χ3v) is 3.20. The molecule has 1 aromatic rings. The van der Waals surface area contributed by atoms with E-state index in [1.54, 1.807) is 0 Å². The van der Waals surface area contributed by atoms with Crippen LogP contribution < -0.4 is 5.32 Å². The summed E-state index contributed by atoms with van der Waals surface area (Å²) in [7, 11) is 0. The third kappa shape index (κ3) is 1.30. The number of nitrogens with one attached hydrogen (secondary N) is 1. The highest BCUT2D eigenvalue weighted by Gasteiger charge is 2.34. The van der Waals surface area contributed by atoms with Gasteiger partial charge in [0.25, 0.3) is 5.91 Å². The first-order valence-electron chi connectivity index (χ1n) is 5.52. The number of para-hydroxylation sites is 1. The number of aryl methyl sites for hydroxylation is 1. The molecule has 2 aliphatic rings. The number of anilines is 1. The first kappa shape index (κ1) is 9.66. The second kappa shape index (κ2) is 3.49. The summed E-state index contributed by atoms with van der Waals surface area (Å²) in [4.78, 5) is 14.1. The fourth-order valence-corrected chi connectivity index (χ4v) is 2.33. The number of amides is 1. The summed E-state index contributed by atoms with van der Waals surface area (Å²) in [5, 5.41) is 3.38. The smallest absolute Gasteiger partial charge is 0.257 e. The zero-order chi connectivity index (χ0) is 11.1. The Balaban J connectivity index is 2.06. The van der Waals surface area contributed by atoms with Crippen molar-refractivity contribution in [1.82, 2.24) is 4.90 Å². The Hall–Kier alpha value is -1.55. The average Bonchev–Trinajstić information content (AvgIpc) is 2.31. The summed E-state index contributed by atoms with van der Waals surface area (Å²) < 4.78 is 5.39. The van der Waals surface area contributed by atoms with E-state index in [4.69, 9.17) is 4.74 Å². The van der Waals surface area contributed by atoms with E-state index in [1.807, 2.05) is 30.0 Å². The highest BCUT2D eigenvalue weighted by molar-refractivity contribution is 6.02. The molecule has 4 nitrogen and oxygen atoms in total. The Kier molecular flexibility index (Phi) is 2.11. The maximum absolute atomic E-state index is 12.2. The number of benzene rings is 1. The number of morpholine rings is 1. The van der Waals surface area contributed by atoms with E-state index in [2.05, 4.69) is 5.32 Å². The Morgan fingerprint density at radius 3 is 3.25 bits per heavy atom. The summed E-state index contributed by atoms with van der Waals surface area (Å²) in [6, 6.07) is 5.82. The summed E-state index contributed by atoms with van der Waals surface area (Å²) in [5.41, 5.74) is 2.84. The second-order valence-corrected chi connectivity index (χ2v) is 4.23. The summed E-state index contributed by atoms with van der Waals surface area (Å²) in [6.45, 7) is 3.88. The van der Waals surface area contributed by atoms with E-state index in [1.165, 1.54) is 0 Å². The molecule has 0 radical (unpaired) electrons. The zero-order valence-electron chi connectivity index (χ0n) is 9.19. The van der Waals surface area contributed by atoms with Crippen molar-refractivity contribution in [2.45, 2.75) is 13.1 Å². The van der Waals surface area contributed by atoms with E-state index in [9.17, 15) is 4.79 Å². The Labute approximate surface area is 94.2 Å². The minimum atomic E-state index is -0.00477. The Bertz CT molecular complexity index is 445. The third-order valence-electron chi connectivity index (χ3n) is 3.20. The molecule has 1 amide bonds. The first-order valence-corrected chi connectivity index (χ1v) is 5.52. The van der Waals surface area contributed by atoms with Crippen molar-refractivity contribution in [3.63, 3.8) is 0 Å². The number of fused-ring (bicyclic) bond motifs is 2. The molecule has 1 fully saturated rings. The number of hydrogen-bond acceptors (Lipinski definition) is 3. The van der Waals surface area contributed by atoms with Crippen molar-refractivity contribution in [2.75, 3.05) is 25.1 Å². The van der Waals surface area contributed by atoms with Crippen LogP contribution in [0.5, 0.6) is 0 Å². The van der Waals surface area contributed by atoms with Crippen LogP contribution in [-0.4, -0.2) is 36.7 Å². The largest absolute Gasteiger partial charge is 0.376 e. The molecule has 1 aromatic carbocycles. The van der Waals surface area contributed by atoms with Gasteiger partial charge in [0.2, 0.25) is 0 Å². The molecule has 0 aliphatic carbocycles. The average molecular weight is 218 g/mol. The van der Waals surface area contributed by atoms with Crippen molar-refractivity contribution >= 4 is 11.6 Å². The van der Waals surface area contributed by atoms with Crippen LogP contribution in [0.4, 0.5) is 5.69 Å². The molecule has 0 aromatic heterocycles. The molecule has 0 spiro atoms. The minimum absolute atomic E-state index is 0.00477. The van der Waals surface area contributed by atoms with Gasteiger partial charge in [0.15, 0.2) is 0 Å². The molecular weight excluding hydrogens is 204 g/mol. The Morgan fingerprint density at radius 1 is 1.50 bits per heavy atom. The molecule has 4 heteroatoms. The molecule has 1 atom stereocenters. The topological polar surface area (TPSA) is 41.6 Å². The SMILES string of the molecule is Cc1cccc2c1NC1COCCN1C2=O. The molecular formula is C12H14N2O2. The molecule has 16 heavy (non-hydrogen) atoms. The fourth-order valence-electron chi connectivity index (χ4n) is 2.33. The van der Waals surface area contributed by atoms with Crippen molar-refractivity contribution in [3.05, 3.63) is 29.3 Å². The van der Waals surface area contributed by atoms with Crippen molar-refractivity contribution in [3.8, 4) is 0 Å². The highest BCUT2D eigenvalue weighted by atomic mass is 16.5. The zero-order valence-corrected chi connectivity index (χ0v) is 9.19. The molecule has 1 N–H and O–H groups in total. The van der Waals surface area contributed by atoms with Gasteiger partial charge in [-0.15, -0.1) is 0 Å². The lowest BCUT2D eigenvalue weighted by molar-refractivity contribution is 0.00403. The summed E-state index contributed by atoms with van der Waals surface area (Å²) >= 11 is 0. The maximum Gasteiger partial charge on any atom is 0.257 e. The number of carbonyl (C=O) groups is 1. The lowest BCUT2D eigenvalue weighted by atomic mass is 10.0. The minimum Gasteiger partial charge on any atom is -0.376 e. The highest BCUT2D eigenvalue weighted by Crippen LogP contribution is 2.29. The van der Waals surface area contributed by atoms with Gasteiger partial charge in [-0.1, -0.05) is 12.1 Å². The van der Waals surface area contributed by atoms with Gasteiger partial charge in [0.1, 0.15) is 6.17 Å². The van der Waals surface area contributed by atoms with Crippen LogP contribution in [0.2, 0.25) is 0 Å². The van der Waals surface area contributed by atoms with Crippen molar-refractivity contribution in [1.29, 1.82) is 0 Å². The lowest BCUT2D eigenvalue weighted by Gasteiger charge is -2.41. The molecule has 1 unspecified atom stereocenters. The molecule has 2 heterocycles. The maximum atomic E-state index is 12.2. The standard InChI is InChI=1S/C12H14N2O2/c1-8-3-2-4-9-11(8)13-10-7-16-6-5-14(10)12(9)15/h2-4,10,13H,5-7H2,1H3. The summed E-state index contributed by atoms with van der Waals surface area (Å²) in [5.74, 6) is 0.116. The number of rotatable bonds is 0. The summed E-state index contributed by atoms with van der Waals surface area (Å²) in [6.07, 6.45) is -0.00477. The van der Waals surface area contributed by atoms with E-state index in [0.717, 1.165) is 16.8 Å². The number of nitrogens with zero attached hydrogens (tertiary/aromatic N) is 1. The van der Waals surface area contributed by atoms with Crippen LogP contribution >= 0.6 is 0 Å². The van der Waals surface area contributed by atoms with Gasteiger partial charge in [0, 0.05) is 6.54 Å². The van der Waals surface area contributed by atoms with Gasteiger partial charge in [-0.25, -0.2) is 0 Å². The second-order valence-electron chi connectivity index (χ2n) is 4.23. The van der Waals surface area contributed by atoms with Crippen LogP contribution in [0.1, 0.15) is 15.9 Å². The quantitative estimate of drug-likeness (QED) is 0.712. The number of hydrogen-bond donors (Lipinski definition) is 1. The van der Waals surface area contributed by atoms with Crippen LogP contribution in [-0.2, 0) is 4.74 Å². The molecule has 1 saturated heterocycles. The normalized spacial score (nSPS) is 23.4. The molecule has 84 valence electrons. The van der Waals surface area contributed by atoms with Crippen LogP contribution in [0.15, 0.2) is 18.2 Å². The van der Waals surface area contributed by atoms with Gasteiger partial charge in [-0.2, -0.15) is 0 Å². The van der Waals surface area contributed by atoms with E-state index in [0.29, 0.717) is 19.8 Å². The molecule has 0 bridgehead atoms. The van der Waals surface area contributed by atoms with Gasteiger partial charge < -0.3 is 15.0 Å². The predicted octanol–water partition coefficient (Wildman–Crippen LogP) is 1.22. The fraction of sp³-hybridized carbons (Fsp3) is 0.417.